The second kappa shape index (κ2) is 6.77. The third-order valence-electron chi connectivity index (χ3n) is 3.52. The van der Waals surface area contributed by atoms with Crippen LogP contribution in [0.3, 0.4) is 0 Å². The molecule has 96 valence electrons. The van der Waals surface area contributed by atoms with Crippen molar-refractivity contribution in [1.82, 2.24) is 15.5 Å². The molecular formula is C13H23N3O. The van der Waals surface area contributed by atoms with Gasteiger partial charge >= 0.3 is 0 Å². The lowest BCUT2D eigenvalue weighted by Gasteiger charge is -2.16. The van der Waals surface area contributed by atoms with E-state index in [9.17, 15) is 4.79 Å². The van der Waals surface area contributed by atoms with Gasteiger partial charge in [-0.3, -0.25) is 4.79 Å². The molecule has 2 rings (SSSR count). The Kier molecular flexibility index (Phi) is 5.01. The lowest BCUT2D eigenvalue weighted by molar-refractivity contribution is -0.121. The van der Waals surface area contributed by atoms with Crippen LogP contribution in [-0.4, -0.2) is 50.1 Å². The van der Waals surface area contributed by atoms with Crippen molar-refractivity contribution in [2.45, 2.75) is 25.7 Å². The van der Waals surface area contributed by atoms with Crippen LogP contribution in [0.15, 0.2) is 11.6 Å². The average molecular weight is 237 g/mol. The van der Waals surface area contributed by atoms with Crippen LogP contribution in [0.1, 0.15) is 25.7 Å². The van der Waals surface area contributed by atoms with E-state index in [0.29, 0.717) is 6.42 Å². The monoisotopic (exact) mass is 237 g/mol. The summed E-state index contributed by atoms with van der Waals surface area (Å²) in [6, 6.07) is 0. The average Bonchev–Trinajstić information content (AvgIpc) is 2.88. The summed E-state index contributed by atoms with van der Waals surface area (Å²) >= 11 is 0. The summed E-state index contributed by atoms with van der Waals surface area (Å²) in [5, 5.41) is 6.28. The van der Waals surface area contributed by atoms with E-state index in [1.165, 1.54) is 31.5 Å². The zero-order valence-electron chi connectivity index (χ0n) is 10.5. The van der Waals surface area contributed by atoms with E-state index in [1.54, 1.807) is 0 Å². The number of rotatable bonds is 5. The zero-order chi connectivity index (χ0) is 11.9. The quantitative estimate of drug-likeness (QED) is 0.685. The number of amides is 1. The molecule has 2 heterocycles. The van der Waals surface area contributed by atoms with Crippen LogP contribution in [0.5, 0.6) is 0 Å². The van der Waals surface area contributed by atoms with Crippen molar-refractivity contribution in [3.05, 3.63) is 11.6 Å². The van der Waals surface area contributed by atoms with Gasteiger partial charge in [0.15, 0.2) is 0 Å². The summed E-state index contributed by atoms with van der Waals surface area (Å²) in [5.74, 6) is 0.191. The van der Waals surface area contributed by atoms with Gasteiger partial charge in [-0.2, -0.15) is 0 Å². The van der Waals surface area contributed by atoms with Crippen LogP contribution >= 0.6 is 0 Å². The van der Waals surface area contributed by atoms with E-state index in [2.05, 4.69) is 21.6 Å². The molecule has 2 N–H and O–H groups in total. The van der Waals surface area contributed by atoms with Crippen LogP contribution in [0.4, 0.5) is 0 Å². The van der Waals surface area contributed by atoms with Gasteiger partial charge in [0.25, 0.3) is 0 Å². The van der Waals surface area contributed by atoms with Crippen molar-refractivity contribution in [2.75, 3.05) is 39.3 Å². The molecule has 0 bridgehead atoms. The Morgan fingerprint density at radius 3 is 2.94 bits per heavy atom. The molecule has 0 spiro atoms. The van der Waals surface area contributed by atoms with Crippen LogP contribution in [-0.2, 0) is 4.79 Å². The van der Waals surface area contributed by atoms with Gasteiger partial charge in [0.2, 0.25) is 5.91 Å². The molecule has 0 aromatic heterocycles. The maximum Gasteiger partial charge on any atom is 0.221 e. The highest BCUT2D eigenvalue weighted by Gasteiger charge is 2.12. The van der Waals surface area contributed by atoms with Crippen molar-refractivity contribution in [1.29, 1.82) is 0 Å². The Hall–Kier alpha value is -0.870. The molecule has 2 aliphatic heterocycles. The lowest BCUT2D eigenvalue weighted by atomic mass is 10.1. The first-order chi connectivity index (χ1) is 8.34. The molecule has 0 aliphatic carbocycles. The van der Waals surface area contributed by atoms with Crippen molar-refractivity contribution >= 4 is 5.91 Å². The molecule has 2 aliphatic rings. The third-order valence-corrected chi connectivity index (χ3v) is 3.52. The predicted octanol–water partition coefficient (Wildman–Crippen LogP) is 0.508. The van der Waals surface area contributed by atoms with Gasteiger partial charge in [0.05, 0.1) is 0 Å². The Labute approximate surface area is 103 Å². The number of nitrogens with zero attached hydrogens (tertiary/aromatic N) is 1. The Bertz CT molecular complexity index is 282. The fourth-order valence-corrected chi connectivity index (χ4v) is 2.40. The minimum Gasteiger partial charge on any atom is -0.352 e. The normalized spacial score (nSPS) is 21.3. The molecule has 4 nitrogen and oxygen atoms in total. The number of hydrogen-bond donors (Lipinski definition) is 2. The van der Waals surface area contributed by atoms with E-state index in [1.807, 2.05) is 0 Å². The zero-order valence-corrected chi connectivity index (χ0v) is 10.5. The van der Waals surface area contributed by atoms with E-state index in [4.69, 9.17) is 0 Å². The summed E-state index contributed by atoms with van der Waals surface area (Å²) in [6.45, 7) is 5.98. The highest BCUT2D eigenvalue weighted by molar-refractivity contribution is 5.76. The van der Waals surface area contributed by atoms with E-state index < -0.39 is 0 Å². The first kappa shape index (κ1) is 12.6. The van der Waals surface area contributed by atoms with Crippen molar-refractivity contribution in [2.24, 2.45) is 0 Å². The molecule has 0 atom stereocenters. The topological polar surface area (TPSA) is 44.4 Å². The summed E-state index contributed by atoms with van der Waals surface area (Å²) in [7, 11) is 0. The van der Waals surface area contributed by atoms with E-state index in [0.717, 1.165) is 32.6 Å². The minimum atomic E-state index is 0.191. The summed E-state index contributed by atoms with van der Waals surface area (Å²) in [6.07, 6.45) is 6.48. The highest BCUT2D eigenvalue weighted by atomic mass is 16.1. The van der Waals surface area contributed by atoms with Gasteiger partial charge in [-0.1, -0.05) is 11.6 Å². The van der Waals surface area contributed by atoms with Crippen molar-refractivity contribution < 1.29 is 4.79 Å². The molecule has 4 heteroatoms. The molecule has 0 saturated carbocycles. The maximum absolute atomic E-state index is 11.7. The fourth-order valence-electron chi connectivity index (χ4n) is 2.40. The van der Waals surface area contributed by atoms with Crippen LogP contribution in [0.2, 0.25) is 0 Å². The van der Waals surface area contributed by atoms with Gasteiger partial charge in [0.1, 0.15) is 0 Å². The molecule has 17 heavy (non-hydrogen) atoms. The largest absolute Gasteiger partial charge is 0.352 e. The van der Waals surface area contributed by atoms with Crippen molar-refractivity contribution in [3.8, 4) is 0 Å². The van der Waals surface area contributed by atoms with E-state index in [-0.39, 0.29) is 5.91 Å². The number of carbonyl (C=O) groups is 1. The number of carbonyl (C=O) groups excluding carboxylic acids is 1. The lowest BCUT2D eigenvalue weighted by Crippen LogP contribution is -2.32. The van der Waals surface area contributed by atoms with Crippen LogP contribution < -0.4 is 10.6 Å². The number of nitrogens with one attached hydrogen (secondary N) is 2. The molecule has 0 radical (unpaired) electrons. The van der Waals surface area contributed by atoms with Crippen molar-refractivity contribution in [3.63, 3.8) is 0 Å². The van der Waals surface area contributed by atoms with Gasteiger partial charge in [0, 0.05) is 26.1 Å². The molecule has 1 saturated heterocycles. The SMILES string of the molecule is O=C(CCN1CCCC1)NCC1=CCNCC1. The first-order valence-corrected chi connectivity index (χ1v) is 6.72. The molecular weight excluding hydrogens is 214 g/mol. The molecule has 1 fully saturated rings. The Morgan fingerprint density at radius 1 is 1.41 bits per heavy atom. The molecule has 0 aromatic carbocycles. The summed E-state index contributed by atoms with van der Waals surface area (Å²) in [4.78, 5) is 14.0. The smallest absolute Gasteiger partial charge is 0.221 e. The summed E-state index contributed by atoms with van der Waals surface area (Å²) < 4.78 is 0. The Morgan fingerprint density at radius 2 is 2.24 bits per heavy atom. The second-order valence-electron chi connectivity index (χ2n) is 4.89. The van der Waals surface area contributed by atoms with Crippen LogP contribution in [0.25, 0.3) is 0 Å². The van der Waals surface area contributed by atoms with Gasteiger partial charge in [-0.05, 0) is 38.9 Å². The molecule has 0 aromatic rings. The fraction of sp³-hybridized carbons (Fsp3) is 0.769. The molecule has 0 unspecified atom stereocenters. The highest BCUT2D eigenvalue weighted by Crippen LogP contribution is 2.07. The Balaban J connectivity index is 1.58. The first-order valence-electron chi connectivity index (χ1n) is 6.72. The predicted molar refractivity (Wildman–Crippen MR) is 68.9 cm³/mol. The third kappa shape index (κ3) is 4.48. The standard InChI is InChI=1S/C13H23N3O/c17-13(5-10-16-8-1-2-9-16)15-11-12-3-6-14-7-4-12/h3,14H,1-2,4-11H2,(H,15,17). The molecule has 1 amide bonds. The summed E-state index contributed by atoms with van der Waals surface area (Å²) in [5.41, 5.74) is 1.36. The minimum absolute atomic E-state index is 0.191. The van der Waals surface area contributed by atoms with Crippen LogP contribution in [0, 0.1) is 0 Å². The number of likely N-dealkylation sites (tertiary alicyclic amines) is 1. The number of hydrogen-bond acceptors (Lipinski definition) is 3. The maximum atomic E-state index is 11.7. The van der Waals surface area contributed by atoms with Gasteiger partial charge < -0.3 is 15.5 Å². The van der Waals surface area contributed by atoms with Gasteiger partial charge in [-0.25, -0.2) is 0 Å². The van der Waals surface area contributed by atoms with Gasteiger partial charge in [-0.15, -0.1) is 0 Å². The second-order valence-corrected chi connectivity index (χ2v) is 4.89. The van der Waals surface area contributed by atoms with E-state index >= 15 is 0 Å².